The Kier molecular flexibility index (Phi) is 7.32. The van der Waals surface area contributed by atoms with Crippen molar-refractivity contribution < 1.29 is 42.9 Å². The maximum Gasteiger partial charge on any atom is 0.320 e. The molecular weight excluding hydrogens is 360 g/mol. The molecule has 2 fully saturated rings. The quantitative estimate of drug-likeness (QED) is 0.353. The van der Waals surface area contributed by atoms with Crippen LogP contribution in [0.25, 0.3) is 0 Å². The van der Waals surface area contributed by atoms with E-state index >= 15 is 0 Å². The van der Waals surface area contributed by atoms with E-state index in [1.54, 1.807) is 6.92 Å². The van der Waals surface area contributed by atoms with Crippen molar-refractivity contribution in [2.75, 3.05) is 34.0 Å². The summed E-state index contributed by atoms with van der Waals surface area (Å²) in [6, 6.07) is 0. The molecule has 0 N–H and O–H groups in total. The molecule has 1 saturated heterocycles. The Morgan fingerprint density at radius 3 is 2.26 bits per heavy atom. The fraction of sp³-hybridized carbons (Fsp3) is 0.778. The van der Waals surface area contributed by atoms with Gasteiger partial charge in [-0.1, -0.05) is 0 Å². The van der Waals surface area contributed by atoms with Gasteiger partial charge in [-0.3, -0.25) is 19.2 Å². The fourth-order valence-electron chi connectivity index (χ4n) is 3.79. The normalized spacial score (nSPS) is 24.1. The molecule has 9 heteroatoms. The summed E-state index contributed by atoms with van der Waals surface area (Å²) in [7, 11) is 2.32. The van der Waals surface area contributed by atoms with Crippen LogP contribution >= 0.6 is 0 Å². The van der Waals surface area contributed by atoms with Crippen LogP contribution in [0.3, 0.4) is 0 Å². The summed E-state index contributed by atoms with van der Waals surface area (Å²) in [4.78, 5) is 48.7. The average Bonchev–Trinajstić information content (AvgIpc) is 3.12. The predicted octanol–water partition coefficient (Wildman–Crippen LogP) is 0.630. The number of ether oxygens (including phenoxy) is 5. The van der Waals surface area contributed by atoms with E-state index in [1.807, 2.05) is 0 Å². The number of methoxy groups -OCH3 is 2. The van der Waals surface area contributed by atoms with Gasteiger partial charge in [-0.25, -0.2) is 0 Å². The van der Waals surface area contributed by atoms with Crippen LogP contribution in [0, 0.1) is 17.8 Å². The molecular formula is C18H26O9. The zero-order valence-electron chi connectivity index (χ0n) is 15.9. The van der Waals surface area contributed by atoms with Crippen LogP contribution in [-0.2, 0) is 42.9 Å². The first-order chi connectivity index (χ1) is 12.9. The van der Waals surface area contributed by atoms with E-state index in [0.717, 1.165) is 14.2 Å². The van der Waals surface area contributed by atoms with Crippen LogP contribution in [0.15, 0.2) is 0 Å². The van der Waals surface area contributed by atoms with Crippen LogP contribution in [-0.4, -0.2) is 63.5 Å². The van der Waals surface area contributed by atoms with Crippen molar-refractivity contribution in [1.29, 1.82) is 0 Å². The highest BCUT2D eigenvalue weighted by Crippen LogP contribution is 2.46. The maximum atomic E-state index is 12.7. The van der Waals surface area contributed by atoms with E-state index in [4.69, 9.17) is 23.7 Å². The molecule has 1 saturated carbocycles. The van der Waals surface area contributed by atoms with Crippen LogP contribution in [0.1, 0.15) is 32.6 Å². The Morgan fingerprint density at radius 2 is 1.74 bits per heavy atom. The molecule has 0 aromatic rings. The molecule has 2 atom stereocenters. The molecule has 2 rings (SSSR count). The largest absolute Gasteiger partial charge is 0.468 e. The Labute approximate surface area is 157 Å². The minimum absolute atomic E-state index is 0.0996. The Bertz CT molecular complexity index is 563. The Morgan fingerprint density at radius 1 is 1.15 bits per heavy atom. The topological polar surface area (TPSA) is 114 Å². The molecule has 9 nitrogen and oxygen atoms in total. The SMILES string of the molecule is CCOC(=O)CC[C@H]1CC2(OCCO2)[C@H](C(C(=O)OC)C(=O)OC)CC1=O. The minimum Gasteiger partial charge on any atom is -0.468 e. The van der Waals surface area contributed by atoms with E-state index in [2.05, 4.69) is 0 Å². The van der Waals surface area contributed by atoms with Crippen LogP contribution < -0.4 is 0 Å². The molecule has 0 unspecified atom stereocenters. The zero-order chi connectivity index (χ0) is 20.0. The lowest BCUT2D eigenvalue weighted by Gasteiger charge is -2.43. The number of hydrogen-bond acceptors (Lipinski definition) is 9. The third-order valence-corrected chi connectivity index (χ3v) is 5.06. The number of ketones is 1. The maximum absolute atomic E-state index is 12.7. The number of hydrogen-bond donors (Lipinski definition) is 0. The summed E-state index contributed by atoms with van der Waals surface area (Å²) in [5.41, 5.74) is 0. The van der Waals surface area contributed by atoms with Gasteiger partial charge in [0.25, 0.3) is 0 Å². The fourth-order valence-corrected chi connectivity index (χ4v) is 3.79. The molecule has 1 aliphatic heterocycles. The van der Waals surface area contributed by atoms with Gasteiger partial charge in [0.05, 0.1) is 34.0 Å². The molecule has 1 spiro atoms. The first kappa shape index (κ1) is 21.3. The summed E-state index contributed by atoms with van der Waals surface area (Å²) in [5, 5.41) is 0. The molecule has 27 heavy (non-hydrogen) atoms. The number of rotatable bonds is 7. The highest BCUT2D eigenvalue weighted by Gasteiger charge is 2.58. The van der Waals surface area contributed by atoms with E-state index in [9.17, 15) is 19.2 Å². The Balaban J connectivity index is 2.22. The predicted molar refractivity (Wildman–Crippen MR) is 89.2 cm³/mol. The average molecular weight is 386 g/mol. The zero-order valence-corrected chi connectivity index (χ0v) is 15.9. The molecule has 2 aliphatic rings. The summed E-state index contributed by atoms with van der Waals surface area (Å²) in [6.07, 6.45) is 0.436. The second-order valence-electron chi connectivity index (χ2n) is 6.55. The van der Waals surface area contributed by atoms with Crippen molar-refractivity contribution in [2.24, 2.45) is 17.8 Å². The van der Waals surface area contributed by atoms with Gasteiger partial charge in [0, 0.05) is 31.1 Å². The van der Waals surface area contributed by atoms with Crippen LogP contribution in [0.5, 0.6) is 0 Å². The van der Waals surface area contributed by atoms with Gasteiger partial charge in [-0.05, 0) is 13.3 Å². The molecule has 152 valence electrons. The molecule has 0 bridgehead atoms. The molecule has 0 amide bonds. The van der Waals surface area contributed by atoms with E-state index in [0.29, 0.717) is 6.42 Å². The third kappa shape index (κ3) is 4.65. The van der Waals surface area contributed by atoms with Crippen molar-refractivity contribution in [3.05, 3.63) is 0 Å². The lowest BCUT2D eigenvalue weighted by Crippen LogP contribution is -2.54. The van der Waals surface area contributed by atoms with Gasteiger partial charge in [0.15, 0.2) is 11.7 Å². The second kappa shape index (κ2) is 9.27. The minimum atomic E-state index is -1.33. The van der Waals surface area contributed by atoms with Gasteiger partial charge in [-0.15, -0.1) is 0 Å². The van der Waals surface area contributed by atoms with E-state index in [1.165, 1.54) is 0 Å². The lowest BCUT2D eigenvalue weighted by atomic mass is 9.69. The van der Waals surface area contributed by atoms with E-state index in [-0.39, 0.29) is 50.8 Å². The first-order valence-electron chi connectivity index (χ1n) is 9.00. The standard InChI is InChI=1S/C18H26O9/c1-4-25-14(20)6-5-11-10-18(26-7-8-27-18)12(9-13(11)19)15(16(21)23-2)17(22)24-3/h11-12,15H,4-10H2,1-3H3/t11-,12-/m0/s1. The number of carbonyl (C=O) groups is 4. The second-order valence-corrected chi connectivity index (χ2v) is 6.55. The number of esters is 3. The van der Waals surface area contributed by atoms with Crippen molar-refractivity contribution in [1.82, 2.24) is 0 Å². The summed E-state index contributed by atoms with van der Waals surface area (Å²) < 4.78 is 26.0. The van der Waals surface area contributed by atoms with Crippen molar-refractivity contribution in [3.8, 4) is 0 Å². The van der Waals surface area contributed by atoms with Gasteiger partial charge >= 0.3 is 17.9 Å². The molecule has 0 aromatic heterocycles. The molecule has 1 heterocycles. The first-order valence-corrected chi connectivity index (χ1v) is 9.00. The lowest BCUT2D eigenvalue weighted by molar-refractivity contribution is -0.234. The summed E-state index contributed by atoms with van der Waals surface area (Å²) in [5.74, 6) is -6.07. The monoisotopic (exact) mass is 386 g/mol. The van der Waals surface area contributed by atoms with Gasteiger partial charge in [-0.2, -0.15) is 0 Å². The third-order valence-electron chi connectivity index (χ3n) is 5.06. The number of Topliss-reactive ketones (excluding diaryl/α,β-unsaturated/α-hetero) is 1. The van der Waals surface area contributed by atoms with Crippen molar-refractivity contribution >= 4 is 23.7 Å². The molecule has 0 radical (unpaired) electrons. The molecule has 0 aromatic carbocycles. The highest BCUT2D eigenvalue weighted by molar-refractivity contribution is 5.96. The van der Waals surface area contributed by atoms with Crippen molar-refractivity contribution in [2.45, 2.75) is 38.4 Å². The number of carbonyl (C=O) groups excluding carboxylic acids is 4. The molecule has 1 aliphatic carbocycles. The van der Waals surface area contributed by atoms with Gasteiger partial charge in [0.2, 0.25) is 0 Å². The van der Waals surface area contributed by atoms with Crippen LogP contribution in [0.2, 0.25) is 0 Å². The smallest absolute Gasteiger partial charge is 0.320 e. The summed E-state index contributed by atoms with van der Waals surface area (Å²) >= 11 is 0. The highest BCUT2D eigenvalue weighted by atomic mass is 16.7. The van der Waals surface area contributed by atoms with Crippen molar-refractivity contribution in [3.63, 3.8) is 0 Å². The van der Waals surface area contributed by atoms with Gasteiger partial charge in [0.1, 0.15) is 5.78 Å². The summed E-state index contributed by atoms with van der Waals surface area (Å²) in [6.45, 7) is 2.55. The van der Waals surface area contributed by atoms with Crippen LogP contribution in [0.4, 0.5) is 0 Å². The van der Waals surface area contributed by atoms with Gasteiger partial charge < -0.3 is 23.7 Å². The van der Waals surface area contributed by atoms with E-state index < -0.39 is 35.5 Å². The Hall–Kier alpha value is -2.00.